The van der Waals surface area contributed by atoms with Gasteiger partial charge >= 0.3 is 0 Å². The van der Waals surface area contributed by atoms with E-state index < -0.39 is 0 Å². The number of hydrogen-bond donors (Lipinski definition) is 1. The van der Waals surface area contributed by atoms with Gasteiger partial charge < -0.3 is 14.3 Å². The minimum absolute atomic E-state index is 0.0602. The lowest BCUT2D eigenvalue weighted by Crippen LogP contribution is -2.22. The number of amides is 1. The van der Waals surface area contributed by atoms with Gasteiger partial charge in [-0.2, -0.15) is 0 Å². The highest BCUT2D eigenvalue weighted by atomic mass is 16.3. The van der Waals surface area contributed by atoms with Crippen LogP contribution in [0.15, 0.2) is 77.5 Å². The Hall–Kier alpha value is -3.27. The van der Waals surface area contributed by atoms with E-state index in [2.05, 4.69) is 71.5 Å². The number of benzene rings is 2. The molecule has 0 spiro atoms. The number of nitrogens with zero attached hydrogens (tertiary/aromatic N) is 1. The maximum Gasteiger partial charge on any atom is 0.220 e. The summed E-state index contributed by atoms with van der Waals surface area (Å²) >= 11 is 0. The second kappa shape index (κ2) is 8.82. The molecule has 29 heavy (non-hydrogen) atoms. The summed E-state index contributed by atoms with van der Waals surface area (Å²) < 4.78 is 7.57. The van der Waals surface area contributed by atoms with Gasteiger partial charge in [-0.1, -0.05) is 42.5 Å². The highest BCUT2D eigenvalue weighted by molar-refractivity contribution is 5.84. The number of nitrogens with one attached hydrogen (secondary N) is 1. The summed E-state index contributed by atoms with van der Waals surface area (Å²) in [6, 6.07) is 20.7. The Morgan fingerprint density at radius 1 is 1.00 bits per heavy atom. The van der Waals surface area contributed by atoms with E-state index in [1.165, 1.54) is 27.6 Å². The molecule has 0 bridgehead atoms. The molecule has 1 amide bonds. The Morgan fingerprint density at radius 2 is 1.83 bits per heavy atom. The molecule has 0 aliphatic rings. The van der Waals surface area contributed by atoms with Crippen molar-refractivity contribution >= 4 is 16.8 Å². The number of furan rings is 1. The molecular formula is C25H26N2O2. The fraction of sp³-hybridized carbons (Fsp3) is 0.240. The number of carbonyl (C=O) groups is 1. The van der Waals surface area contributed by atoms with Crippen LogP contribution in [0.5, 0.6) is 0 Å². The number of aromatic nitrogens is 1. The average Bonchev–Trinajstić information content (AvgIpc) is 3.37. The van der Waals surface area contributed by atoms with E-state index in [1.54, 1.807) is 6.26 Å². The first-order chi connectivity index (χ1) is 14.2. The number of carbonyl (C=O) groups excluding carboxylic acids is 1. The zero-order chi connectivity index (χ0) is 20.1. The fourth-order valence-corrected chi connectivity index (χ4v) is 3.75. The molecule has 0 aliphatic carbocycles. The van der Waals surface area contributed by atoms with E-state index in [9.17, 15) is 4.79 Å². The van der Waals surface area contributed by atoms with E-state index in [0.29, 0.717) is 13.0 Å². The molecule has 0 saturated heterocycles. The van der Waals surface area contributed by atoms with Crippen LogP contribution in [0.25, 0.3) is 10.9 Å². The molecule has 4 nitrogen and oxygen atoms in total. The largest absolute Gasteiger partial charge is 0.467 e. The van der Waals surface area contributed by atoms with Crippen LogP contribution < -0.4 is 5.32 Å². The first-order valence-electron chi connectivity index (χ1n) is 10.1. The summed E-state index contributed by atoms with van der Waals surface area (Å²) in [6.45, 7) is 3.46. The number of para-hydroxylation sites is 1. The van der Waals surface area contributed by atoms with Crippen LogP contribution in [-0.4, -0.2) is 10.5 Å². The molecule has 0 fully saturated rings. The Labute approximate surface area is 171 Å². The van der Waals surface area contributed by atoms with Crippen molar-refractivity contribution in [1.29, 1.82) is 0 Å². The van der Waals surface area contributed by atoms with Crippen molar-refractivity contribution < 1.29 is 9.21 Å². The van der Waals surface area contributed by atoms with Gasteiger partial charge in [-0.05, 0) is 54.7 Å². The van der Waals surface area contributed by atoms with Crippen LogP contribution in [0.2, 0.25) is 0 Å². The molecule has 0 aliphatic heterocycles. The van der Waals surface area contributed by atoms with Gasteiger partial charge in [-0.3, -0.25) is 4.79 Å². The maximum atomic E-state index is 12.1. The van der Waals surface area contributed by atoms with Gasteiger partial charge in [0.1, 0.15) is 5.76 Å². The van der Waals surface area contributed by atoms with E-state index in [4.69, 9.17) is 4.42 Å². The van der Waals surface area contributed by atoms with Gasteiger partial charge in [0, 0.05) is 30.1 Å². The minimum atomic E-state index is 0.0602. The quantitative estimate of drug-likeness (QED) is 0.451. The SMILES string of the molecule is Cc1ccccc1Cn1cc(CCCC(=O)NCc2ccco2)c2ccccc21. The predicted octanol–water partition coefficient (Wildman–Crippen LogP) is 5.23. The molecule has 1 N–H and O–H groups in total. The summed E-state index contributed by atoms with van der Waals surface area (Å²) in [5, 5.41) is 4.19. The highest BCUT2D eigenvalue weighted by Gasteiger charge is 2.10. The van der Waals surface area contributed by atoms with Gasteiger partial charge in [-0.25, -0.2) is 0 Å². The third kappa shape index (κ3) is 4.60. The molecule has 2 heterocycles. The molecule has 4 rings (SSSR count). The summed E-state index contributed by atoms with van der Waals surface area (Å²) in [6.07, 6.45) is 6.09. The lowest BCUT2D eigenvalue weighted by atomic mass is 10.1. The normalized spacial score (nSPS) is 11.1. The first-order valence-corrected chi connectivity index (χ1v) is 10.1. The number of fused-ring (bicyclic) bond motifs is 1. The Balaban J connectivity index is 1.41. The van der Waals surface area contributed by atoms with E-state index in [1.807, 2.05) is 12.1 Å². The zero-order valence-electron chi connectivity index (χ0n) is 16.7. The van der Waals surface area contributed by atoms with Crippen molar-refractivity contribution in [2.24, 2.45) is 0 Å². The van der Waals surface area contributed by atoms with Crippen LogP contribution in [-0.2, 0) is 24.3 Å². The van der Waals surface area contributed by atoms with Gasteiger partial charge in [-0.15, -0.1) is 0 Å². The van der Waals surface area contributed by atoms with Crippen LogP contribution in [0.4, 0.5) is 0 Å². The predicted molar refractivity (Wildman–Crippen MR) is 116 cm³/mol. The van der Waals surface area contributed by atoms with Crippen molar-refractivity contribution in [3.63, 3.8) is 0 Å². The second-order valence-corrected chi connectivity index (χ2v) is 7.44. The number of rotatable bonds is 8. The molecule has 2 aromatic carbocycles. The monoisotopic (exact) mass is 386 g/mol. The molecule has 0 unspecified atom stereocenters. The molecule has 4 heteroatoms. The van der Waals surface area contributed by atoms with E-state index in [-0.39, 0.29) is 5.91 Å². The number of hydrogen-bond acceptors (Lipinski definition) is 2. The fourth-order valence-electron chi connectivity index (χ4n) is 3.75. The second-order valence-electron chi connectivity index (χ2n) is 7.44. The van der Waals surface area contributed by atoms with E-state index >= 15 is 0 Å². The summed E-state index contributed by atoms with van der Waals surface area (Å²) in [5.74, 6) is 0.836. The Morgan fingerprint density at radius 3 is 2.66 bits per heavy atom. The van der Waals surface area contributed by atoms with E-state index in [0.717, 1.165) is 25.1 Å². The smallest absolute Gasteiger partial charge is 0.220 e. The standard InChI is InChI=1S/C25H26N2O2/c1-19-8-2-3-9-20(19)17-27-18-21(23-12-4-5-13-24(23)27)10-6-14-25(28)26-16-22-11-7-15-29-22/h2-5,7-9,11-13,15,18H,6,10,14,16-17H2,1H3,(H,26,28). The average molecular weight is 386 g/mol. The molecular weight excluding hydrogens is 360 g/mol. The molecule has 148 valence electrons. The van der Waals surface area contributed by atoms with Crippen LogP contribution in [0, 0.1) is 6.92 Å². The first kappa shape index (κ1) is 19.1. The number of aryl methyl sites for hydroxylation is 2. The molecule has 0 radical (unpaired) electrons. The lowest BCUT2D eigenvalue weighted by molar-refractivity contribution is -0.121. The van der Waals surface area contributed by atoms with Gasteiger partial charge in [0.25, 0.3) is 0 Å². The third-order valence-corrected chi connectivity index (χ3v) is 5.36. The third-order valence-electron chi connectivity index (χ3n) is 5.36. The molecule has 0 atom stereocenters. The van der Waals surface area contributed by atoms with Gasteiger partial charge in [0.15, 0.2) is 0 Å². The van der Waals surface area contributed by atoms with Crippen molar-refractivity contribution in [2.75, 3.05) is 0 Å². The van der Waals surface area contributed by atoms with Crippen LogP contribution in [0.1, 0.15) is 35.3 Å². The summed E-state index contributed by atoms with van der Waals surface area (Å²) in [7, 11) is 0. The van der Waals surface area contributed by atoms with Gasteiger partial charge in [0.05, 0.1) is 12.8 Å². The molecule has 0 saturated carbocycles. The van der Waals surface area contributed by atoms with Crippen LogP contribution in [0.3, 0.4) is 0 Å². The van der Waals surface area contributed by atoms with Crippen molar-refractivity contribution in [3.05, 3.63) is 95.6 Å². The lowest BCUT2D eigenvalue weighted by Gasteiger charge is -2.08. The Bertz CT molecular complexity index is 1090. The Kier molecular flexibility index (Phi) is 5.80. The maximum absolute atomic E-state index is 12.1. The van der Waals surface area contributed by atoms with Gasteiger partial charge in [0.2, 0.25) is 5.91 Å². The topological polar surface area (TPSA) is 47.2 Å². The molecule has 4 aromatic rings. The summed E-state index contributed by atoms with van der Waals surface area (Å²) in [4.78, 5) is 12.1. The van der Waals surface area contributed by atoms with Crippen LogP contribution >= 0.6 is 0 Å². The van der Waals surface area contributed by atoms with Crippen molar-refractivity contribution in [3.8, 4) is 0 Å². The zero-order valence-corrected chi connectivity index (χ0v) is 16.7. The van der Waals surface area contributed by atoms with Crippen molar-refractivity contribution in [1.82, 2.24) is 9.88 Å². The highest BCUT2D eigenvalue weighted by Crippen LogP contribution is 2.24. The van der Waals surface area contributed by atoms with Crippen molar-refractivity contribution in [2.45, 2.75) is 39.3 Å². The molecule has 2 aromatic heterocycles. The minimum Gasteiger partial charge on any atom is -0.467 e. The summed E-state index contributed by atoms with van der Waals surface area (Å²) in [5.41, 5.74) is 5.18.